The maximum Gasteiger partial charge on any atom is 0.0589 e. The van der Waals surface area contributed by atoms with Crippen molar-refractivity contribution >= 4 is 0 Å². The zero-order valence-corrected chi connectivity index (χ0v) is 11.2. The van der Waals surface area contributed by atoms with Crippen molar-refractivity contribution < 1.29 is 4.74 Å². The monoisotopic (exact) mass is 236 g/mol. The van der Waals surface area contributed by atoms with E-state index in [0.29, 0.717) is 6.54 Å². The van der Waals surface area contributed by atoms with E-state index in [-0.39, 0.29) is 0 Å². The Labute approximate surface area is 105 Å². The summed E-state index contributed by atoms with van der Waals surface area (Å²) in [4.78, 5) is 2.33. The Morgan fingerprint density at radius 1 is 1.12 bits per heavy atom. The van der Waals surface area contributed by atoms with Gasteiger partial charge >= 0.3 is 0 Å². The zero-order valence-electron chi connectivity index (χ0n) is 11.2. The molecule has 0 fully saturated rings. The summed E-state index contributed by atoms with van der Waals surface area (Å²) in [5.74, 6) is 0. The molecule has 0 amide bonds. The van der Waals surface area contributed by atoms with Crippen LogP contribution in [0.5, 0.6) is 0 Å². The van der Waals surface area contributed by atoms with E-state index in [2.05, 4.69) is 36.9 Å². The Bertz CT molecular complexity index is 319. The van der Waals surface area contributed by atoms with Gasteiger partial charge < -0.3 is 10.5 Å². The van der Waals surface area contributed by atoms with Gasteiger partial charge in [0.25, 0.3) is 0 Å². The number of benzene rings is 1. The average molecular weight is 236 g/mol. The van der Waals surface area contributed by atoms with Gasteiger partial charge in [0.15, 0.2) is 0 Å². The Hall–Kier alpha value is -0.900. The highest BCUT2D eigenvalue weighted by Gasteiger charge is 2.05. The lowest BCUT2D eigenvalue weighted by molar-refractivity contribution is 0.146. The summed E-state index contributed by atoms with van der Waals surface area (Å²) in [5.41, 5.74) is 9.62. The molecule has 0 saturated carbocycles. The number of hydrogen-bond donors (Lipinski definition) is 1. The highest BCUT2D eigenvalue weighted by molar-refractivity contribution is 5.28. The summed E-state index contributed by atoms with van der Waals surface area (Å²) in [6.07, 6.45) is 0. The number of nitrogens with zero attached hydrogens (tertiary/aromatic N) is 1. The van der Waals surface area contributed by atoms with E-state index in [0.717, 1.165) is 26.2 Å². The predicted octanol–water partition coefficient (Wildman–Crippen LogP) is 1.71. The van der Waals surface area contributed by atoms with Gasteiger partial charge in [0, 0.05) is 33.3 Å². The smallest absolute Gasteiger partial charge is 0.0589 e. The highest BCUT2D eigenvalue weighted by atomic mass is 16.5. The molecule has 17 heavy (non-hydrogen) atoms. The second kappa shape index (κ2) is 7.43. The second-order valence-corrected chi connectivity index (χ2v) is 4.55. The Kier molecular flexibility index (Phi) is 6.19. The van der Waals surface area contributed by atoms with E-state index < -0.39 is 0 Å². The number of ether oxygens (including phenoxy) is 1. The lowest BCUT2D eigenvalue weighted by Gasteiger charge is -2.21. The molecule has 0 radical (unpaired) electrons. The fourth-order valence-corrected chi connectivity index (χ4v) is 2.09. The molecule has 0 aliphatic carbocycles. The first-order chi connectivity index (χ1) is 8.15. The van der Waals surface area contributed by atoms with Crippen molar-refractivity contribution in [2.75, 3.05) is 33.4 Å². The minimum atomic E-state index is 0.689. The van der Waals surface area contributed by atoms with Crippen LogP contribution < -0.4 is 5.73 Å². The zero-order chi connectivity index (χ0) is 12.7. The van der Waals surface area contributed by atoms with Gasteiger partial charge in [-0.3, -0.25) is 4.90 Å². The number of rotatable bonds is 7. The van der Waals surface area contributed by atoms with Gasteiger partial charge in [0.2, 0.25) is 0 Å². The Morgan fingerprint density at radius 3 is 2.29 bits per heavy atom. The third-order valence-electron chi connectivity index (χ3n) is 2.74. The van der Waals surface area contributed by atoms with Crippen LogP contribution in [0.3, 0.4) is 0 Å². The molecule has 0 saturated heterocycles. The first kappa shape index (κ1) is 14.2. The topological polar surface area (TPSA) is 38.5 Å². The summed E-state index contributed by atoms with van der Waals surface area (Å²) in [6, 6.07) is 6.68. The van der Waals surface area contributed by atoms with Crippen molar-refractivity contribution in [3.63, 3.8) is 0 Å². The largest absolute Gasteiger partial charge is 0.383 e. The molecule has 1 rings (SSSR count). The van der Waals surface area contributed by atoms with E-state index >= 15 is 0 Å². The van der Waals surface area contributed by atoms with Gasteiger partial charge in [-0.1, -0.05) is 29.3 Å². The molecule has 0 bridgehead atoms. The Morgan fingerprint density at radius 2 is 1.76 bits per heavy atom. The van der Waals surface area contributed by atoms with Crippen LogP contribution in [0.15, 0.2) is 18.2 Å². The Balaban J connectivity index is 2.63. The third-order valence-corrected chi connectivity index (χ3v) is 2.74. The molecule has 0 atom stereocenters. The van der Waals surface area contributed by atoms with E-state index in [1.165, 1.54) is 16.7 Å². The summed E-state index contributed by atoms with van der Waals surface area (Å²) in [5, 5.41) is 0. The first-order valence-electron chi connectivity index (χ1n) is 6.14. The summed E-state index contributed by atoms with van der Waals surface area (Å²) >= 11 is 0. The molecule has 0 aromatic heterocycles. The molecular formula is C14H24N2O. The molecule has 2 N–H and O–H groups in total. The molecule has 3 nitrogen and oxygen atoms in total. The molecular weight excluding hydrogens is 212 g/mol. The van der Waals surface area contributed by atoms with Crippen molar-refractivity contribution in [3.05, 3.63) is 34.9 Å². The molecule has 96 valence electrons. The quantitative estimate of drug-likeness (QED) is 0.783. The standard InChI is InChI=1S/C14H24N2O/c1-12-8-13(2)10-14(9-12)11-16(5-4-15)6-7-17-3/h8-10H,4-7,11,15H2,1-3H3. The molecule has 0 unspecified atom stereocenters. The van der Waals surface area contributed by atoms with E-state index in [1.54, 1.807) is 7.11 Å². The second-order valence-electron chi connectivity index (χ2n) is 4.55. The van der Waals surface area contributed by atoms with Crippen LogP contribution in [0.2, 0.25) is 0 Å². The van der Waals surface area contributed by atoms with Crippen molar-refractivity contribution in [2.24, 2.45) is 5.73 Å². The summed E-state index contributed by atoms with van der Waals surface area (Å²) < 4.78 is 5.12. The van der Waals surface area contributed by atoms with Crippen molar-refractivity contribution in [1.82, 2.24) is 4.90 Å². The van der Waals surface area contributed by atoms with Gasteiger partial charge in [-0.25, -0.2) is 0 Å². The number of nitrogens with two attached hydrogens (primary N) is 1. The highest BCUT2D eigenvalue weighted by Crippen LogP contribution is 2.11. The van der Waals surface area contributed by atoms with Gasteiger partial charge in [-0.15, -0.1) is 0 Å². The molecule has 0 spiro atoms. The fraction of sp³-hybridized carbons (Fsp3) is 0.571. The van der Waals surface area contributed by atoms with Crippen LogP contribution in [0, 0.1) is 13.8 Å². The van der Waals surface area contributed by atoms with E-state index in [4.69, 9.17) is 10.5 Å². The number of methoxy groups -OCH3 is 1. The number of aryl methyl sites for hydroxylation is 2. The molecule has 0 heterocycles. The van der Waals surface area contributed by atoms with Gasteiger partial charge in [0.1, 0.15) is 0 Å². The maximum absolute atomic E-state index is 5.63. The fourth-order valence-electron chi connectivity index (χ4n) is 2.09. The normalized spacial score (nSPS) is 11.1. The van der Waals surface area contributed by atoms with E-state index in [9.17, 15) is 0 Å². The number of hydrogen-bond acceptors (Lipinski definition) is 3. The third kappa shape index (κ3) is 5.31. The lowest BCUT2D eigenvalue weighted by atomic mass is 10.1. The van der Waals surface area contributed by atoms with E-state index in [1.807, 2.05) is 0 Å². The molecule has 0 aliphatic rings. The maximum atomic E-state index is 5.63. The predicted molar refractivity (Wildman–Crippen MR) is 72.1 cm³/mol. The van der Waals surface area contributed by atoms with Crippen LogP contribution in [-0.4, -0.2) is 38.3 Å². The van der Waals surface area contributed by atoms with Gasteiger partial charge in [0.05, 0.1) is 6.61 Å². The van der Waals surface area contributed by atoms with Crippen molar-refractivity contribution in [3.8, 4) is 0 Å². The molecule has 0 aliphatic heterocycles. The summed E-state index contributed by atoms with van der Waals surface area (Å²) in [6.45, 7) is 8.51. The first-order valence-corrected chi connectivity index (χ1v) is 6.14. The minimum Gasteiger partial charge on any atom is -0.383 e. The van der Waals surface area contributed by atoms with Crippen LogP contribution in [0.1, 0.15) is 16.7 Å². The molecule has 1 aromatic carbocycles. The van der Waals surface area contributed by atoms with Crippen molar-refractivity contribution in [2.45, 2.75) is 20.4 Å². The summed E-state index contributed by atoms with van der Waals surface area (Å²) in [7, 11) is 1.73. The SMILES string of the molecule is COCCN(CCN)Cc1cc(C)cc(C)c1. The molecule has 1 aromatic rings. The van der Waals surface area contributed by atoms with Gasteiger partial charge in [-0.05, 0) is 19.4 Å². The lowest BCUT2D eigenvalue weighted by Crippen LogP contribution is -2.32. The van der Waals surface area contributed by atoms with Crippen LogP contribution in [-0.2, 0) is 11.3 Å². The van der Waals surface area contributed by atoms with Crippen LogP contribution >= 0.6 is 0 Å². The van der Waals surface area contributed by atoms with Crippen LogP contribution in [0.4, 0.5) is 0 Å². The van der Waals surface area contributed by atoms with Crippen LogP contribution in [0.25, 0.3) is 0 Å². The van der Waals surface area contributed by atoms with Gasteiger partial charge in [-0.2, -0.15) is 0 Å². The molecule has 3 heteroatoms. The average Bonchev–Trinajstić information content (AvgIpc) is 2.24. The minimum absolute atomic E-state index is 0.689. The van der Waals surface area contributed by atoms with Crippen molar-refractivity contribution in [1.29, 1.82) is 0 Å².